The van der Waals surface area contributed by atoms with Gasteiger partial charge < -0.3 is 14.5 Å². The van der Waals surface area contributed by atoms with Crippen molar-refractivity contribution in [3.8, 4) is 11.5 Å². The van der Waals surface area contributed by atoms with E-state index in [0.29, 0.717) is 12.1 Å². The first-order chi connectivity index (χ1) is 12.7. The summed E-state index contributed by atoms with van der Waals surface area (Å²) in [7, 11) is 1.49. The summed E-state index contributed by atoms with van der Waals surface area (Å²) in [5.74, 6) is 9.90. The molecule has 27 heavy (non-hydrogen) atoms. The number of amides is 1. The van der Waals surface area contributed by atoms with Gasteiger partial charge in [0.15, 0.2) is 10.9 Å². The zero-order valence-electron chi connectivity index (χ0n) is 14.0. The molecule has 5 N–H and O–H groups in total. The van der Waals surface area contributed by atoms with Gasteiger partial charge in [-0.05, 0) is 24.3 Å². The van der Waals surface area contributed by atoms with Crippen molar-refractivity contribution in [1.82, 2.24) is 10.4 Å². The maximum Gasteiger partial charge on any atom is 0.573 e. The molecule has 0 saturated heterocycles. The van der Waals surface area contributed by atoms with Crippen LogP contribution in [0.25, 0.3) is 0 Å². The number of pyridine rings is 1. The fourth-order valence-corrected chi connectivity index (χ4v) is 2.05. The number of hydrazine groups is 2. The Kier molecular flexibility index (Phi) is 8.59. The number of nitrogens with zero attached hydrogens (tertiary/aromatic N) is 2. The molecule has 0 bridgehead atoms. The first-order valence-corrected chi connectivity index (χ1v) is 7.56. The Labute approximate surface area is 157 Å². The number of rotatable bonds is 6. The van der Waals surface area contributed by atoms with Crippen molar-refractivity contribution in [2.24, 2.45) is 11.7 Å². The van der Waals surface area contributed by atoms with Crippen LogP contribution in [0.4, 0.5) is 18.9 Å². The van der Waals surface area contributed by atoms with Gasteiger partial charge in [-0.1, -0.05) is 17.7 Å². The summed E-state index contributed by atoms with van der Waals surface area (Å²) < 4.78 is 47.1. The van der Waals surface area contributed by atoms with Crippen molar-refractivity contribution in [2.45, 2.75) is 13.0 Å². The van der Waals surface area contributed by atoms with E-state index in [-0.39, 0.29) is 23.1 Å². The summed E-state index contributed by atoms with van der Waals surface area (Å²) >= 11 is 5.86. The molecule has 1 heterocycles. The van der Waals surface area contributed by atoms with E-state index < -0.39 is 12.1 Å². The molecule has 0 aliphatic heterocycles. The second kappa shape index (κ2) is 10.4. The van der Waals surface area contributed by atoms with Crippen LogP contribution < -0.4 is 31.6 Å². The van der Waals surface area contributed by atoms with Crippen LogP contribution in [0.15, 0.2) is 36.5 Å². The first kappa shape index (κ1) is 22.3. The van der Waals surface area contributed by atoms with Crippen LogP contribution in [0.1, 0.15) is 5.56 Å². The Balaban J connectivity index is 0.000000828. The molecular formula is C15H17ClF3N5O3. The van der Waals surface area contributed by atoms with Gasteiger partial charge in [-0.3, -0.25) is 10.2 Å². The summed E-state index contributed by atoms with van der Waals surface area (Å²) in [4.78, 5) is 12.8. The molecule has 1 amide bonds. The molecule has 12 heteroatoms. The standard InChI is InChI=1S/C14H13ClF3N3O2.CH4N2O/c1-21(19)10-4-2-5-11(23-14(16,17)18)9(10)8-22-12-6-3-7-20-13(12)15;2-3-1-4/h2-7H,8,19H2,1H3;1H,2H2,(H,3,4). The van der Waals surface area contributed by atoms with Crippen LogP contribution in [0.5, 0.6) is 11.5 Å². The molecular weight excluding hydrogens is 391 g/mol. The zero-order valence-corrected chi connectivity index (χ0v) is 14.8. The van der Waals surface area contributed by atoms with Crippen molar-refractivity contribution in [3.05, 3.63) is 47.2 Å². The monoisotopic (exact) mass is 407 g/mol. The molecule has 1 aromatic carbocycles. The lowest BCUT2D eigenvalue weighted by Gasteiger charge is -2.21. The van der Waals surface area contributed by atoms with Gasteiger partial charge in [0.1, 0.15) is 12.4 Å². The Hall–Kier alpha value is -2.76. The number of aromatic nitrogens is 1. The molecule has 0 aliphatic carbocycles. The fraction of sp³-hybridized carbons (Fsp3) is 0.200. The minimum atomic E-state index is -4.83. The fourth-order valence-electron chi connectivity index (χ4n) is 1.88. The molecule has 0 saturated carbocycles. The lowest BCUT2D eigenvalue weighted by molar-refractivity contribution is -0.275. The summed E-state index contributed by atoms with van der Waals surface area (Å²) in [6.07, 6.45) is -2.96. The van der Waals surface area contributed by atoms with Gasteiger partial charge in [0.05, 0.1) is 11.3 Å². The molecule has 8 nitrogen and oxygen atoms in total. The number of ether oxygens (including phenoxy) is 2. The third-order valence-electron chi connectivity index (χ3n) is 2.88. The van der Waals surface area contributed by atoms with Gasteiger partial charge >= 0.3 is 6.36 Å². The molecule has 2 aromatic rings. The summed E-state index contributed by atoms with van der Waals surface area (Å²) in [5.41, 5.74) is 2.21. The number of hydrogen-bond donors (Lipinski definition) is 3. The van der Waals surface area contributed by atoms with Gasteiger partial charge in [0.2, 0.25) is 6.41 Å². The van der Waals surface area contributed by atoms with Crippen molar-refractivity contribution in [3.63, 3.8) is 0 Å². The van der Waals surface area contributed by atoms with Crippen LogP contribution in [0, 0.1) is 0 Å². The highest BCUT2D eigenvalue weighted by Crippen LogP contribution is 2.33. The zero-order chi connectivity index (χ0) is 20.4. The number of halogens is 4. The van der Waals surface area contributed by atoms with E-state index in [0.717, 1.165) is 0 Å². The average molecular weight is 408 g/mol. The Bertz CT molecular complexity index is 747. The molecule has 0 radical (unpaired) electrons. The molecule has 0 fully saturated rings. The van der Waals surface area contributed by atoms with Crippen LogP contribution in [-0.4, -0.2) is 24.8 Å². The van der Waals surface area contributed by atoms with Crippen molar-refractivity contribution in [2.75, 3.05) is 12.1 Å². The highest BCUT2D eigenvalue weighted by Gasteiger charge is 2.32. The minimum Gasteiger partial charge on any atom is -0.485 e. The van der Waals surface area contributed by atoms with Gasteiger partial charge in [0, 0.05) is 13.2 Å². The second-order valence-corrected chi connectivity index (χ2v) is 5.14. The highest BCUT2D eigenvalue weighted by molar-refractivity contribution is 6.30. The van der Waals surface area contributed by atoms with Crippen LogP contribution >= 0.6 is 11.6 Å². The Morgan fingerprint density at radius 1 is 1.30 bits per heavy atom. The number of benzene rings is 1. The Morgan fingerprint density at radius 3 is 2.44 bits per heavy atom. The number of nitrogens with two attached hydrogens (primary N) is 2. The number of alkyl halides is 3. The molecule has 0 unspecified atom stereocenters. The van der Waals surface area contributed by atoms with E-state index in [4.69, 9.17) is 27.0 Å². The number of anilines is 1. The highest BCUT2D eigenvalue weighted by atomic mass is 35.5. The number of carbonyl (C=O) groups is 1. The molecule has 0 aliphatic rings. The van der Waals surface area contributed by atoms with Crippen molar-refractivity contribution < 1.29 is 27.4 Å². The largest absolute Gasteiger partial charge is 0.573 e. The smallest absolute Gasteiger partial charge is 0.485 e. The van der Waals surface area contributed by atoms with Crippen molar-refractivity contribution >= 4 is 23.7 Å². The lowest BCUT2D eigenvalue weighted by Crippen LogP contribution is -2.27. The first-order valence-electron chi connectivity index (χ1n) is 7.18. The maximum absolute atomic E-state index is 12.5. The van der Waals surface area contributed by atoms with E-state index in [1.54, 1.807) is 23.6 Å². The predicted molar refractivity (Wildman–Crippen MR) is 92.7 cm³/mol. The molecule has 0 atom stereocenters. The summed E-state index contributed by atoms with van der Waals surface area (Å²) in [6.45, 7) is -0.228. The van der Waals surface area contributed by atoms with E-state index >= 15 is 0 Å². The summed E-state index contributed by atoms with van der Waals surface area (Å²) in [5, 5.41) is 1.27. The lowest BCUT2D eigenvalue weighted by atomic mass is 10.1. The molecule has 1 aromatic heterocycles. The van der Waals surface area contributed by atoms with Gasteiger partial charge in [-0.2, -0.15) is 0 Å². The maximum atomic E-state index is 12.5. The Morgan fingerprint density at radius 2 is 1.93 bits per heavy atom. The predicted octanol–water partition coefficient (Wildman–Crippen LogP) is 2.13. The third kappa shape index (κ3) is 7.56. The number of hydrogen-bond acceptors (Lipinski definition) is 7. The number of carbonyl (C=O) groups excluding carboxylic acids is 1. The van der Waals surface area contributed by atoms with Crippen LogP contribution in [0.2, 0.25) is 5.15 Å². The van der Waals surface area contributed by atoms with Gasteiger partial charge in [0.25, 0.3) is 0 Å². The van der Waals surface area contributed by atoms with Gasteiger partial charge in [-0.15, -0.1) is 13.2 Å². The van der Waals surface area contributed by atoms with Crippen LogP contribution in [-0.2, 0) is 11.4 Å². The van der Waals surface area contributed by atoms with Crippen LogP contribution in [0.3, 0.4) is 0 Å². The average Bonchev–Trinajstić information content (AvgIpc) is 2.60. The third-order valence-corrected chi connectivity index (χ3v) is 3.16. The molecule has 148 valence electrons. The summed E-state index contributed by atoms with van der Waals surface area (Å²) in [6, 6.07) is 7.28. The minimum absolute atomic E-state index is 0.101. The SMILES string of the molecule is CN(N)c1cccc(OC(F)(F)F)c1COc1cccnc1Cl.NNC=O. The van der Waals surface area contributed by atoms with Gasteiger partial charge in [-0.25, -0.2) is 16.7 Å². The van der Waals surface area contributed by atoms with Crippen molar-refractivity contribution in [1.29, 1.82) is 0 Å². The van der Waals surface area contributed by atoms with E-state index in [1.165, 1.54) is 30.4 Å². The molecule has 2 rings (SSSR count). The molecule has 0 spiro atoms. The number of nitrogens with one attached hydrogen (secondary N) is 1. The second-order valence-electron chi connectivity index (χ2n) is 4.78. The topological polar surface area (TPSA) is 116 Å². The quantitative estimate of drug-likeness (QED) is 0.221. The normalized spacial score (nSPS) is 10.3. The van der Waals surface area contributed by atoms with E-state index in [1.807, 2.05) is 0 Å². The van der Waals surface area contributed by atoms with E-state index in [2.05, 4.69) is 15.6 Å². The van der Waals surface area contributed by atoms with E-state index in [9.17, 15) is 13.2 Å².